The van der Waals surface area contributed by atoms with Crippen molar-refractivity contribution in [2.24, 2.45) is 11.1 Å². The van der Waals surface area contributed by atoms with E-state index >= 15 is 0 Å². The minimum Gasteiger partial charge on any atom is -0.327 e. The predicted octanol–water partition coefficient (Wildman–Crippen LogP) is 2.63. The molecule has 126 valence electrons. The van der Waals surface area contributed by atoms with Crippen molar-refractivity contribution in [1.29, 1.82) is 0 Å². The Kier molecular flexibility index (Phi) is 6.07. The maximum atomic E-state index is 11.5. The summed E-state index contributed by atoms with van der Waals surface area (Å²) in [7, 11) is -3.13. The second kappa shape index (κ2) is 6.87. The number of halogens is 1. The lowest BCUT2D eigenvalue weighted by atomic mass is 9.79. The Hall–Kier alpha value is -0.620. The van der Waals surface area contributed by atoms with Gasteiger partial charge in [0.05, 0.1) is 4.90 Å². The number of sulfone groups is 1. The van der Waals surface area contributed by atoms with Crippen LogP contribution in [0, 0.1) is 5.41 Å². The fourth-order valence-corrected chi connectivity index (χ4v) is 3.58. The lowest BCUT2D eigenvalue weighted by Crippen LogP contribution is -2.52. The molecule has 0 amide bonds. The normalized spacial score (nSPS) is 23.6. The molecule has 0 bridgehead atoms. The Balaban J connectivity index is 0.00000242. The number of hydrogen-bond donors (Lipinski definition) is 1. The molecule has 0 radical (unpaired) electrons. The second-order valence-corrected chi connectivity index (χ2v) is 8.89. The summed E-state index contributed by atoms with van der Waals surface area (Å²) in [4.78, 5) is 2.80. The first-order valence-electron chi connectivity index (χ1n) is 7.41. The molecule has 2 atom stereocenters. The molecule has 0 spiro atoms. The Morgan fingerprint density at radius 2 is 1.82 bits per heavy atom. The van der Waals surface area contributed by atoms with Crippen molar-refractivity contribution >= 4 is 22.2 Å². The molecule has 0 aliphatic carbocycles. The molecule has 22 heavy (non-hydrogen) atoms. The molecule has 2 unspecified atom stereocenters. The maximum Gasteiger partial charge on any atom is 0.175 e. The van der Waals surface area contributed by atoms with Gasteiger partial charge in [-0.3, -0.25) is 4.90 Å². The van der Waals surface area contributed by atoms with Crippen LogP contribution in [-0.4, -0.2) is 38.7 Å². The number of likely N-dealkylation sites (tertiary alicyclic amines) is 1. The molecule has 1 heterocycles. The van der Waals surface area contributed by atoms with E-state index < -0.39 is 9.84 Å². The van der Waals surface area contributed by atoms with Crippen molar-refractivity contribution in [3.8, 4) is 0 Å². The molecular formula is C16H27ClN2O2S. The number of nitrogens with zero attached hydrogens (tertiary/aromatic N) is 1. The number of piperidine rings is 1. The van der Waals surface area contributed by atoms with Crippen LogP contribution < -0.4 is 5.73 Å². The molecule has 6 heteroatoms. The smallest absolute Gasteiger partial charge is 0.175 e. The van der Waals surface area contributed by atoms with Crippen molar-refractivity contribution in [2.45, 2.75) is 44.2 Å². The largest absolute Gasteiger partial charge is 0.327 e. The summed E-state index contributed by atoms with van der Waals surface area (Å²) >= 11 is 0. The molecule has 0 saturated carbocycles. The van der Waals surface area contributed by atoms with E-state index in [0.717, 1.165) is 25.1 Å². The molecule has 2 rings (SSSR count). The van der Waals surface area contributed by atoms with Crippen LogP contribution in [0.1, 0.15) is 38.8 Å². The minimum atomic E-state index is -3.13. The quantitative estimate of drug-likeness (QED) is 0.913. The van der Waals surface area contributed by atoms with Crippen LogP contribution in [0.15, 0.2) is 29.2 Å². The van der Waals surface area contributed by atoms with Crippen LogP contribution in [-0.2, 0) is 9.84 Å². The van der Waals surface area contributed by atoms with E-state index in [9.17, 15) is 8.42 Å². The zero-order chi connectivity index (χ0) is 15.8. The second-order valence-electron chi connectivity index (χ2n) is 6.87. The van der Waals surface area contributed by atoms with Crippen molar-refractivity contribution in [3.63, 3.8) is 0 Å². The molecule has 1 saturated heterocycles. The van der Waals surface area contributed by atoms with E-state index in [4.69, 9.17) is 5.73 Å². The Labute approximate surface area is 140 Å². The zero-order valence-electron chi connectivity index (χ0n) is 13.7. The van der Waals surface area contributed by atoms with Crippen LogP contribution in [0.4, 0.5) is 0 Å². The van der Waals surface area contributed by atoms with Gasteiger partial charge < -0.3 is 5.73 Å². The number of hydrogen-bond acceptors (Lipinski definition) is 4. The highest BCUT2D eigenvalue weighted by atomic mass is 35.5. The van der Waals surface area contributed by atoms with E-state index in [1.54, 1.807) is 12.1 Å². The maximum absolute atomic E-state index is 11.5. The van der Waals surface area contributed by atoms with Gasteiger partial charge >= 0.3 is 0 Å². The average Bonchev–Trinajstić information content (AvgIpc) is 2.40. The van der Waals surface area contributed by atoms with Crippen LogP contribution in [0.5, 0.6) is 0 Å². The lowest BCUT2D eigenvalue weighted by Gasteiger charge is -2.45. The molecule has 1 aliphatic rings. The monoisotopic (exact) mass is 346 g/mol. The molecule has 1 fully saturated rings. The Morgan fingerprint density at radius 3 is 2.27 bits per heavy atom. The third-order valence-corrected chi connectivity index (χ3v) is 5.81. The zero-order valence-corrected chi connectivity index (χ0v) is 15.4. The average molecular weight is 347 g/mol. The third kappa shape index (κ3) is 4.22. The van der Waals surface area contributed by atoms with Gasteiger partial charge in [0.2, 0.25) is 0 Å². The Bertz CT molecular complexity index is 599. The van der Waals surface area contributed by atoms with Crippen LogP contribution in [0.2, 0.25) is 0 Å². The first-order chi connectivity index (χ1) is 9.61. The standard InChI is InChI=1S/C16H26N2O2S.ClH/c1-12(18-10-9-15(17)16(2,3)11-18)13-5-7-14(8-6-13)21(4,19)20;/h5-8,12,15H,9-11,17H2,1-4H3;1H. The van der Waals surface area contributed by atoms with Gasteiger partial charge in [-0.25, -0.2) is 8.42 Å². The number of nitrogens with two attached hydrogens (primary N) is 1. The van der Waals surface area contributed by atoms with E-state index in [1.807, 2.05) is 12.1 Å². The van der Waals surface area contributed by atoms with E-state index in [2.05, 4.69) is 25.7 Å². The molecule has 0 aromatic heterocycles. The molecule has 4 nitrogen and oxygen atoms in total. The summed E-state index contributed by atoms with van der Waals surface area (Å²) < 4.78 is 23.0. The van der Waals surface area contributed by atoms with Crippen LogP contribution in [0.3, 0.4) is 0 Å². The molecule has 2 N–H and O–H groups in total. The minimum absolute atomic E-state index is 0. The first-order valence-corrected chi connectivity index (χ1v) is 9.30. The van der Waals surface area contributed by atoms with Gasteiger partial charge in [0.25, 0.3) is 0 Å². The summed E-state index contributed by atoms with van der Waals surface area (Å²) in [5.41, 5.74) is 7.45. The summed E-state index contributed by atoms with van der Waals surface area (Å²) in [6.45, 7) is 8.54. The molecular weight excluding hydrogens is 320 g/mol. The predicted molar refractivity (Wildman–Crippen MR) is 93.2 cm³/mol. The molecule has 1 aliphatic heterocycles. The van der Waals surface area contributed by atoms with Gasteiger partial charge in [-0.15, -0.1) is 12.4 Å². The van der Waals surface area contributed by atoms with Crippen LogP contribution >= 0.6 is 12.4 Å². The summed E-state index contributed by atoms with van der Waals surface area (Å²) in [5, 5.41) is 0. The van der Waals surface area contributed by atoms with Crippen LogP contribution in [0.25, 0.3) is 0 Å². The van der Waals surface area contributed by atoms with E-state index in [0.29, 0.717) is 4.90 Å². The van der Waals surface area contributed by atoms with E-state index in [-0.39, 0.29) is 29.9 Å². The lowest BCUT2D eigenvalue weighted by molar-refractivity contribution is 0.0664. The summed E-state index contributed by atoms with van der Waals surface area (Å²) in [5.74, 6) is 0. The van der Waals surface area contributed by atoms with Gasteiger partial charge in [0.1, 0.15) is 0 Å². The molecule has 1 aromatic carbocycles. The van der Waals surface area contributed by atoms with Gasteiger partial charge in [-0.2, -0.15) is 0 Å². The van der Waals surface area contributed by atoms with Gasteiger partial charge in [0.15, 0.2) is 9.84 Å². The van der Waals surface area contributed by atoms with Crippen molar-refractivity contribution in [1.82, 2.24) is 4.90 Å². The van der Waals surface area contributed by atoms with Crippen molar-refractivity contribution in [3.05, 3.63) is 29.8 Å². The highest BCUT2D eigenvalue weighted by Crippen LogP contribution is 2.33. The van der Waals surface area contributed by atoms with Gasteiger partial charge in [-0.1, -0.05) is 26.0 Å². The topological polar surface area (TPSA) is 63.4 Å². The van der Waals surface area contributed by atoms with Gasteiger partial charge in [-0.05, 0) is 36.5 Å². The summed E-state index contributed by atoms with van der Waals surface area (Å²) in [6, 6.07) is 7.74. The highest BCUT2D eigenvalue weighted by molar-refractivity contribution is 7.90. The van der Waals surface area contributed by atoms with Crippen molar-refractivity contribution < 1.29 is 8.42 Å². The SMILES string of the molecule is CC(c1ccc(S(C)(=O)=O)cc1)N1CCC(N)C(C)(C)C1.Cl. The number of benzene rings is 1. The summed E-state index contributed by atoms with van der Waals surface area (Å²) in [6.07, 6.45) is 2.23. The van der Waals surface area contributed by atoms with Crippen molar-refractivity contribution in [2.75, 3.05) is 19.3 Å². The van der Waals surface area contributed by atoms with E-state index in [1.165, 1.54) is 6.26 Å². The fraction of sp³-hybridized carbons (Fsp3) is 0.625. The number of rotatable bonds is 3. The fourth-order valence-electron chi connectivity index (χ4n) is 2.95. The molecule has 1 aromatic rings. The first kappa shape index (κ1) is 19.4. The van der Waals surface area contributed by atoms with Gasteiger partial charge in [0, 0.05) is 31.4 Å². The Morgan fingerprint density at radius 1 is 1.27 bits per heavy atom. The highest BCUT2D eigenvalue weighted by Gasteiger charge is 2.35. The third-order valence-electron chi connectivity index (χ3n) is 4.68.